The van der Waals surface area contributed by atoms with E-state index >= 15 is 0 Å². The Morgan fingerprint density at radius 3 is 2.76 bits per heavy atom. The number of likely N-dealkylation sites (tertiary alicyclic amines) is 1. The Morgan fingerprint density at radius 2 is 2.12 bits per heavy atom. The van der Waals surface area contributed by atoms with Crippen molar-refractivity contribution in [1.29, 1.82) is 0 Å². The fourth-order valence-electron chi connectivity index (χ4n) is 2.71. The maximum Gasteiger partial charge on any atom is 0.410 e. The number of piperidine rings is 1. The molecule has 1 atom stereocenters. The summed E-state index contributed by atoms with van der Waals surface area (Å²) in [6.45, 7) is 6.16. The van der Waals surface area contributed by atoms with Crippen LogP contribution in [0.25, 0.3) is 0 Å². The van der Waals surface area contributed by atoms with Crippen molar-refractivity contribution >= 4 is 16.1 Å². The molecule has 2 rings (SSSR count). The summed E-state index contributed by atoms with van der Waals surface area (Å²) in [6.07, 6.45) is 0.884. The highest BCUT2D eigenvalue weighted by molar-refractivity contribution is 7.88. The maximum atomic E-state index is 13.2. The van der Waals surface area contributed by atoms with Gasteiger partial charge in [0.2, 0.25) is 10.0 Å². The molecule has 0 bridgehead atoms. The van der Waals surface area contributed by atoms with E-state index in [0.717, 1.165) is 0 Å². The molecule has 0 unspecified atom stereocenters. The number of rotatable bonds is 4. The van der Waals surface area contributed by atoms with Crippen molar-refractivity contribution in [2.45, 2.75) is 51.0 Å². The summed E-state index contributed by atoms with van der Waals surface area (Å²) >= 11 is 0. The largest absolute Gasteiger partial charge is 0.444 e. The lowest BCUT2D eigenvalue weighted by Crippen LogP contribution is -2.50. The quantitative estimate of drug-likeness (QED) is 0.882. The van der Waals surface area contributed by atoms with Gasteiger partial charge in [0.1, 0.15) is 11.4 Å². The van der Waals surface area contributed by atoms with E-state index < -0.39 is 27.5 Å². The molecule has 0 radical (unpaired) electrons. The lowest BCUT2D eigenvalue weighted by Gasteiger charge is -2.34. The van der Waals surface area contributed by atoms with Crippen molar-refractivity contribution in [2.24, 2.45) is 0 Å². The fraction of sp³-hybridized carbons (Fsp3) is 0.588. The van der Waals surface area contributed by atoms with Gasteiger partial charge in [-0.05, 0) is 51.3 Å². The lowest BCUT2D eigenvalue weighted by atomic mass is 10.1. The Bertz CT molecular complexity index is 716. The predicted octanol–water partition coefficient (Wildman–Crippen LogP) is 2.64. The molecule has 1 saturated heterocycles. The number of amides is 1. The third-order valence-corrected chi connectivity index (χ3v) is 5.07. The van der Waals surface area contributed by atoms with E-state index in [1.54, 1.807) is 26.8 Å². The molecular weight excluding hydrogens is 347 g/mol. The van der Waals surface area contributed by atoms with Crippen LogP contribution in [0.4, 0.5) is 9.18 Å². The fourth-order valence-corrected chi connectivity index (χ4v) is 4.11. The number of carbonyl (C=O) groups excluding carboxylic acids is 1. The van der Waals surface area contributed by atoms with Gasteiger partial charge in [-0.25, -0.2) is 22.3 Å². The van der Waals surface area contributed by atoms with Gasteiger partial charge in [-0.3, -0.25) is 0 Å². The van der Waals surface area contributed by atoms with Gasteiger partial charge in [-0.2, -0.15) is 0 Å². The number of nitrogens with zero attached hydrogens (tertiary/aromatic N) is 1. The van der Waals surface area contributed by atoms with Crippen molar-refractivity contribution < 1.29 is 22.3 Å². The van der Waals surface area contributed by atoms with Gasteiger partial charge in [0.25, 0.3) is 0 Å². The Kier molecular flexibility index (Phi) is 6.05. The minimum Gasteiger partial charge on any atom is -0.444 e. The van der Waals surface area contributed by atoms with Gasteiger partial charge < -0.3 is 9.64 Å². The number of hydrogen-bond donors (Lipinski definition) is 1. The van der Waals surface area contributed by atoms with E-state index in [2.05, 4.69) is 4.72 Å². The summed E-state index contributed by atoms with van der Waals surface area (Å²) in [5.74, 6) is -0.769. The van der Waals surface area contributed by atoms with Crippen molar-refractivity contribution in [2.75, 3.05) is 13.1 Å². The van der Waals surface area contributed by atoms with Crippen molar-refractivity contribution in [3.05, 3.63) is 35.6 Å². The van der Waals surface area contributed by atoms with E-state index in [9.17, 15) is 17.6 Å². The minimum absolute atomic E-state index is 0.261. The summed E-state index contributed by atoms with van der Waals surface area (Å²) in [5, 5.41) is 0. The van der Waals surface area contributed by atoms with E-state index in [1.165, 1.54) is 23.1 Å². The Balaban J connectivity index is 1.96. The SMILES string of the molecule is CC(C)(C)OC(=O)N1CCC[C@H](NS(=O)(=O)Cc2cccc(F)c2)C1. The monoisotopic (exact) mass is 372 g/mol. The molecule has 6 nitrogen and oxygen atoms in total. The lowest BCUT2D eigenvalue weighted by molar-refractivity contribution is 0.0195. The Labute approximate surface area is 148 Å². The van der Waals surface area contributed by atoms with Gasteiger partial charge in [0.05, 0.1) is 5.75 Å². The highest BCUT2D eigenvalue weighted by atomic mass is 32.2. The number of benzene rings is 1. The van der Waals surface area contributed by atoms with Crippen LogP contribution in [0.1, 0.15) is 39.2 Å². The Morgan fingerprint density at radius 1 is 1.40 bits per heavy atom. The zero-order valence-electron chi connectivity index (χ0n) is 14.8. The maximum absolute atomic E-state index is 13.2. The molecule has 1 amide bonds. The number of sulfonamides is 1. The molecule has 1 N–H and O–H groups in total. The number of ether oxygens (including phenoxy) is 1. The zero-order chi connectivity index (χ0) is 18.7. The van der Waals surface area contributed by atoms with Crippen molar-refractivity contribution in [1.82, 2.24) is 9.62 Å². The molecule has 1 aliphatic heterocycles. The second-order valence-corrected chi connectivity index (χ2v) is 9.03. The molecule has 1 aromatic carbocycles. The first-order valence-electron chi connectivity index (χ1n) is 8.26. The van der Waals surface area contributed by atoms with Gasteiger partial charge in [-0.1, -0.05) is 12.1 Å². The summed E-state index contributed by atoms with van der Waals surface area (Å²) < 4.78 is 45.8. The second-order valence-electron chi connectivity index (χ2n) is 7.27. The first-order valence-corrected chi connectivity index (χ1v) is 9.92. The molecule has 25 heavy (non-hydrogen) atoms. The van der Waals surface area contributed by atoms with Crippen LogP contribution in [0.5, 0.6) is 0 Å². The zero-order valence-corrected chi connectivity index (χ0v) is 15.6. The van der Waals surface area contributed by atoms with Crippen molar-refractivity contribution in [3.63, 3.8) is 0 Å². The molecule has 0 aliphatic carbocycles. The summed E-state index contributed by atoms with van der Waals surface area (Å²) in [6, 6.07) is 5.14. The Hall–Kier alpha value is -1.67. The number of hydrogen-bond acceptors (Lipinski definition) is 4. The normalized spacial score (nSPS) is 18.9. The standard InChI is InChI=1S/C17H25FN2O4S/c1-17(2,3)24-16(21)20-9-5-8-15(11-20)19-25(22,23)12-13-6-4-7-14(18)10-13/h4,6-7,10,15,19H,5,8-9,11-12H2,1-3H3/t15-/m0/s1. The highest BCUT2D eigenvalue weighted by Gasteiger charge is 2.29. The molecular formula is C17H25FN2O4S. The van der Waals surface area contributed by atoms with Crippen LogP contribution in [-0.2, 0) is 20.5 Å². The minimum atomic E-state index is -3.63. The van der Waals surface area contributed by atoms with Gasteiger partial charge in [-0.15, -0.1) is 0 Å². The number of halogens is 1. The molecule has 1 aromatic rings. The third kappa shape index (κ3) is 6.62. The van der Waals surface area contributed by atoms with Gasteiger partial charge in [0.15, 0.2) is 0 Å². The van der Waals surface area contributed by atoms with E-state index in [4.69, 9.17) is 4.74 Å². The van der Waals surface area contributed by atoms with Crippen LogP contribution in [-0.4, -0.2) is 44.1 Å². The van der Waals surface area contributed by atoms with Crippen LogP contribution in [0.3, 0.4) is 0 Å². The average Bonchev–Trinajstić information content (AvgIpc) is 2.44. The van der Waals surface area contributed by atoms with E-state index in [-0.39, 0.29) is 18.3 Å². The van der Waals surface area contributed by atoms with Crippen LogP contribution in [0.15, 0.2) is 24.3 Å². The van der Waals surface area contributed by atoms with Gasteiger partial charge >= 0.3 is 6.09 Å². The smallest absolute Gasteiger partial charge is 0.410 e. The summed E-state index contributed by atoms with van der Waals surface area (Å²) in [5.41, 5.74) is -0.215. The molecule has 140 valence electrons. The molecule has 0 aromatic heterocycles. The van der Waals surface area contributed by atoms with Gasteiger partial charge in [0, 0.05) is 19.1 Å². The predicted molar refractivity (Wildman–Crippen MR) is 93.0 cm³/mol. The van der Waals surface area contributed by atoms with E-state index in [1.807, 2.05) is 0 Å². The van der Waals surface area contributed by atoms with Crippen LogP contribution < -0.4 is 4.72 Å². The van der Waals surface area contributed by atoms with E-state index in [0.29, 0.717) is 24.9 Å². The molecule has 1 fully saturated rings. The average molecular weight is 372 g/mol. The first kappa shape index (κ1) is 19.7. The van der Waals surface area contributed by atoms with Crippen LogP contribution in [0.2, 0.25) is 0 Å². The third-order valence-electron chi connectivity index (χ3n) is 3.67. The van der Waals surface area contributed by atoms with Crippen LogP contribution in [0, 0.1) is 5.82 Å². The molecule has 0 saturated carbocycles. The van der Waals surface area contributed by atoms with Crippen molar-refractivity contribution in [3.8, 4) is 0 Å². The highest BCUT2D eigenvalue weighted by Crippen LogP contribution is 2.17. The summed E-state index contributed by atoms with van der Waals surface area (Å²) in [4.78, 5) is 13.7. The number of carbonyl (C=O) groups is 1. The van der Waals surface area contributed by atoms with Crippen LogP contribution >= 0.6 is 0 Å². The molecule has 1 heterocycles. The number of nitrogens with one attached hydrogen (secondary N) is 1. The first-order chi connectivity index (χ1) is 11.5. The summed E-state index contributed by atoms with van der Waals surface area (Å²) in [7, 11) is -3.63. The second kappa shape index (κ2) is 7.70. The molecule has 1 aliphatic rings. The topological polar surface area (TPSA) is 75.7 Å². The molecule has 8 heteroatoms. The molecule has 0 spiro atoms.